The van der Waals surface area contributed by atoms with Crippen molar-refractivity contribution in [3.05, 3.63) is 46.1 Å². The minimum Gasteiger partial charge on any atom is -0.281 e. The molecule has 0 spiro atoms. The Kier molecular flexibility index (Phi) is 2.33. The van der Waals surface area contributed by atoms with E-state index in [-0.39, 0.29) is 11.4 Å². The fourth-order valence-corrected chi connectivity index (χ4v) is 1.98. The lowest BCUT2D eigenvalue weighted by Gasteiger charge is -1.99. The molecule has 1 aromatic heterocycles. The average Bonchev–Trinajstić information content (AvgIpc) is 3.07. The first-order valence-electron chi connectivity index (χ1n) is 5.68. The molecule has 3 rings (SSSR count). The van der Waals surface area contributed by atoms with E-state index in [1.807, 2.05) is 0 Å². The fourth-order valence-electron chi connectivity index (χ4n) is 1.98. The normalized spacial score (nSPS) is 15.1. The topological polar surface area (TPSA) is 39.8 Å². The van der Waals surface area contributed by atoms with Gasteiger partial charge in [0.2, 0.25) is 0 Å². The highest BCUT2D eigenvalue weighted by atomic mass is 19.1. The molecule has 0 aliphatic heterocycles. The van der Waals surface area contributed by atoms with Gasteiger partial charge < -0.3 is 0 Å². The van der Waals surface area contributed by atoms with Crippen LogP contribution in [0.15, 0.2) is 23.0 Å². The molecular formula is C12H11F2N3O. The van der Waals surface area contributed by atoms with Crippen LogP contribution in [0.3, 0.4) is 0 Å². The minimum atomic E-state index is -0.726. The number of nitrogens with zero attached hydrogens (tertiary/aromatic N) is 3. The van der Waals surface area contributed by atoms with Crippen LogP contribution < -0.4 is 5.69 Å². The predicted octanol–water partition coefficient (Wildman–Crippen LogP) is 1.73. The first kappa shape index (κ1) is 11.1. The summed E-state index contributed by atoms with van der Waals surface area (Å²) < 4.78 is 28.7. The van der Waals surface area contributed by atoms with E-state index in [1.54, 1.807) is 7.05 Å². The van der Waals surface area contributed by atoms with Gasteiger partial charge in [-0.2, -0.15) is 4.68 Å². The molecule has 0 unspecified atom stereocenters. The lowest BCUT2D eigenvalue weighted by atomic mass is 10.3. The lowest BCUT2D eigenvalue weighted by Crippen LogP contribution is -2.22. The monoisotopic (exact) mass is 251 g/mol. The van der Waals surface area contributed by atoms with E-state index in [4.69, 9.17) is 0 Å². The molecule has 1 fully saturated rings. The van der Waals surface area contributed by atoms with Crippen molar-refractivity contribution in [1.82, 2.24) is 14.3 Å². The molecular weight excluding hydrogens is 240 g/mol. The lowest BCUT2D eigenvalue weighted by molar-refractivity contribution is 0.579. The van der Waals surface area contributed by atoms with Crippen molar-refractivity contribution in [3.8, 4) is 5.69 Å². The molecule has 1 aliphatic rings. The standard InChI is InChI=1S/C12H11F2N3O/c1-16-11(7-2-3-7)15-17(12(16)18)10-5-8(13)4-9(14)6-10/h4-7H,2-3H2,1H3. The second-order valence-corrected chi connectivity index (χ2v) is 4.51. The Labute approximate surface area is 101 Å². The molecule has 0 atom stereocenters. The quantitative estimate of drug-likeness (QED) is 0.815. The van der Waals surface area contributed by atoms with Crippen molar-refractivity contribution in [1.29, 1.82) is 0 Å². The van der Waals surface area contributed by atoms with E-state index in [0.29, 0.717) is 11.7 Å². The maximum Gasteiger partial charge on any atom is 0.350 e. The molecule has 1 aliphatic carbocycles. The summed E-state index contributed by atoms with van der Waals surface area (Å²) in [5.41, 5.74) is -0.276. The average molecular weight is 251 g/mol. The zero-order valence-electron chi connectivity index (χ0n) is 9.73. The van der Waals surface area contributed by atoms with Gasteiger partial charge in [0.25, 0.3) is 0 Å². The van der Waals surface area contributed by atoms with Crippen molar-refractivity contribution in [2.45, 2.75) is 18.8 Å². The molecule has 0 bridgehead atoms. The smallest absolute Gasteiger partial charge is 0.281 e. The van der Waals surface area contributed by atoms with Gasteiger partial charge in [0.1, 0.15) is 17.5 Å². The number of benzene rings is 1. The van der Waals surface area contributed by atoms with Gasteiger partial charge in [-0.05, 0) is 25.0 Å². The molecule has 6 heteroatoms. The number of halogens is 2. The van der Waals surface area contributed by atoms with Crippen LogP contribution in [0.5, 0.6) is 0 Å². The Morgan fingerprint density at radius 2 is 1.83 bits per heavy atom. The van der Waals surface area contributed by atoms with E-state index < -0.39 is 11.6 Å². The third-order valence-corrected chi connectivity index (χ3v) is 3.05. The molecule has 1 aromatic carbocycles. The van der Waals surface area contributed by atoms with Crippen molar-refractivity contribution in [2.24, 2.45) is 7.05 Å². The Balaban J connectivity index is 2.16. The van der Waals surface area contributed by atoms with E-state index >= 15 is 0 Å². The molecule has 1 saturated carbocycles. The van der Waals surface area contributed by atoms with Crippen molar-refractivity contribution < 1.29 is 8.78 Å². The maximum atomic E-state index is 13.1. The number of aromatic nitrogens is 3. The molecule has 1 heterocycles. The molecule has 0 radical (unpaired) electrons. The van der Waals surface area contributed by atoms with Crippen LogP contribution in [0, 0.1) is 11.6 Å². The fraction of sp³-hybridized carbons (Fsp3) is 0.333. The van der Waals surface area contributed by atoms with E-state index in [2.05, 4.69) is 5.10 Å². The van der Waals surface area contributed by atoms with Gasteiger partial charge >= 0.3 is 5.69 Å². The summed E-state index contributed by atoms with van der Waals surface area (Å²) in [6.07, 6.45) is 2.00. The Bertz CT molecular complexity index is 650. The molecule has 4 nitrogen and oxygen atoms in total. The second-order valence-electron chi connectivity index (χ2n) is 4.51. The summed E-state index contributed by atoms with van der Waals surface area (Å²) in [4.78, 5) is 12.0. The van der Waals surface area contributed by atoms with Crippen LogP contribution >= 0.6 is 0 Å². The number of rotatable bonds is 2. The number of hydrogen-bond acceptors (Lipinski definition) is 2. The maximum absolute atomic E-state index is 13.1. The zero-order chi connectivity index (χ0) is 12.9. The Hall–Kier alpha value is -1.98. The zero-order valence-corrected chi connectivity index (χ0v) is 9.73. The highest BCUT2D eigenvalue weighted by Gasteiger charge is 2.30. The van der Waals surface area contributed by atoms with Gasteiger partial charge in [-0.25, -0.2) is 13.6 Å². The van der Waals surface area contributed by atoms with Gasteiger partial charge in [0.05, 0.1) is 5.69 Å². The molecule has 0 saturated heterocycles. The van der Waals surface area contributed by atoms with Crippen LogP contribution in [0.4, 0.5) is 8.78 Å². The summed E-state index contributed by atoms with van der Waals surface area (Å²) in [6, 6.07) is 2.95. The highest BCUT2D eigenvalue weighted by molar-refractivity contribution is 5.31. The van der Waals surface area contributed by atoms with Crippen LogP contribution in [0.25, 0.3) is 5.69 Å². The summed E-state index contributed by atoms with van der Waals surface area (Å²) in [7, 11) is 1.62. The van der Waals surface area contributed by atoms with Gasteiger partial charge in [-0.15, -0.1) is 5.10 Å². The van der Waals surface area contributed by atoms with Gasteiger partial charge in [0.15, 0.2) is 0 Å². The third-order valence-electron chi connectivity index (χ3n) is 3.05. The van der Waals surface area contributed by atoms with Crippen molar-refractivity contribution >= 4 is 0 Å². The van der Waals surface area contributed by atoms with E-state index in [0.717, 1.165) is 35.7 Å². The first-order valence-corrected chi connectivity index (χ1v) is 5.68. The molecule has 0 N–H and O–H groups in total. The third kappa shape index (κ3) is 1.73. The molecule has 0 amide bonds. The van der Waals surface area contributed by atoms with Gasteiger partial charge in [-0.1, -0.05) is 0 Å². The van der Waals surface area contributed by atoms with Gasteiger partial charge in [0, 0.05) is 19.0 Å². The summed E-state index contributed by atoms with van der Waals surface area (Å²) in [6.45, 7) is 0. The highest BCUT2D eigenvalue weighted by Crippen LogP contribution is 2.38. The summed E-state index contributed by atoms with van der Waals surface area (Å²) in [5, 5.41) is 4.16. The van der Waals surface area contributed by atoms with Crippen LogP contribution in [-0.2, 0) is 7.05 Å². The first-order chi connectivity index (χ1) is 8.56. The predicted molar refractivity (Wildman–Crippen MR) is 60.7 cm³/mol. The largest absolute Gasteiger partial charge is 0.350 e. The second kappa shape index (κ2) is 3.76. The van der Waals surface area contributed by atoms with Crippen LogP contribution in [-0.4, -0.2) is 14.3 Å². The molecule has 2 aromatic rings. The summed E-state index contributed by atoms with van der Waals surface area (Å²) >= 11 is 0. The van der Waals surface area contributed by atoms with E-state index in [9.17, 15) is 13.6 Å². The van der Waals surface area contributed by atoms with Crippen LogP contribution in [0.1, 0.15) is 24.6 Å². The summed E-state index contributed by atoms with van der Waals surface area (Å²) in [5.74, 6) is -0.488. The SMILES string of the molecule is Cn1c(C2CC2)nn(-c2cc(F)cc(F)c2)c1=O. The number of hydrogen-bond donors (Lipinski definition) is 0. The van der Waals surface area contributed by atoms with Crippen LogP contribution in [0.2, 0.25) is 0 Å². The molecule has 94 valence electrons. The van der Waals surface area contributed by atoms with Crippen molar-refractivity contribution in [3.63, 3.8) is 0 Å². The Morgan fingerprint density at radius 1 is 1.22 bits per heavy atom. The molecule has 18 heavy (non-hydrogen) atoms. The van der Waals surface area contributed by atoms with Crippen molar-refractivity contribution in [2.75, 3.05) is 0 Å². The minimum absolute atomic E-state index is 0.111. The Morgan fingerprint density at radius 3 is 2.39 bits per heavy atom. The van der Waals surface area contributed by atoms with E-state index in [1.165, 1.54) is 4.57 Å². The van der Waals surface area contributed by atoms with Gasteiger partial charge in [-0.3, -0.25) is 4.57 Å².